The number of nitrogens with zero attached hydrogens (tertiary/aromatic N) is 3. The van der Waals surface area contributed by atoms with Crippen LogP contribution in [0, 0.1) is 0 Å². The van der Waals surface area contributed by atoms with E-state index in [9.17, 15) is 4.79 Å². The molecule has 0 bridgehead atoms. The van der Waals surface area contributed by atoms with Gasteiger partial charge >= 0.3 is 0 Å². The summed E-state index contributed by atoms with van der Waals surface area (Å²) in [5.41, 5.74) is 1.22. The second-order valence-electron chi connectivity index (χ2n) is 3.96. The van der Waals surface area contributed by atoms with E-state index in [2.05, 4.69) is 10.3 Å². The summed E-state index contributed by atoms with van der Waals surface area (Å²) in [5.74, 6) is 0.480. The molecule has 3 aromatic rings. The van der Waals surface area contributed by atoms with Gasteiger partial charge in [-0.05, 0) is 30.3 Å². The van der Waals surface area contributed by atoms with E-state index in [0.29, 0.717) is 33.5 Å². The normalized spacial score (nSPS) is 10.7. The Hall–Kier alpha value is -2.11. The lowest BCUT2D eigenvalue weighted by Gasteiger charge is -2.06. The Bertz CT molecular complexity index is 746. The Morgan fingerprint density at radius 1 is 1.20 bits per heavy atom. The molecule has 1 aromatic carbocycles. The van der Waals surface area contributed by atoms with E-state index in [4.69, 9.17) is 27.6 Å². The number of aromatic nitrogens is 3. The third-order valence-corrected chi connectivity index (χ3v) is 3.09. The fourth-order valence-corrected chi connectivity index (χ4v) is 2.37. The van der Waals surface area contributed by atoms with Crippen molar-refractivity contribution in [1.82, 2.24) is 15.0 Å². The monoisotopic (exact) mass is 307 g/mol. The molecule has 5 nitrogen and oxygen atoms in total. The van der Waals surface area contributed by atoms with Gasteiger partial charge in [0.2, 0.25) is 0 Å². The van der Waals surface area contributed by atoms with Crippen molar-refractivity contribution in [1.29, 1.82) is 0 Å². The highest BCUT2D eigenvalue weighted by atomic mass is 35.5. The molecule has 0 fully saturated rings. The molecule has 2 aromatic heterocycles. The van der Waals surface area contributed by atoms with E-state index >= 15 is 0 Å². The predicted octanol–water partition coefficient (Wildman–Crippen LogP) is 3.65. The molecule has 0 aliphatic rings. The molecule has 0 N–H and O–H groups in total. The summed E-state index contributed by atoms with van der Waals surface area (Å²) in [5, 5.41) is 8.70. The van der Waals surface area contributed by atoms with Gasteiger partial charge in [-0.1, -0.05) is 28.4 Å². The summed E-state index contributed by atoms with van der Waals surface area (Å²) in [7, 11) is 0. The van der Waals surface area contributed by atoms with Gasteiger partial charge in [0.05, 0.1) is 12.0 Å². The van der Waals surface area contributed by atoms with Gasteiger partial charge in [0.15, 0.2) is 17.7 Å². The molecule has 3 rings (SSSR count). The van der Waals surface area contributed by atoms with Crippen LogP contribution in [0.3, 0.4) is 0 Å². The molecule has 0 saturated heterocycles. The topological polar surface area (TPSA) is 60.9 Å². The van der Waals surface area contributed by atoms with Gasteiger partial charge in [-0.3, -0.25) is 4.79 Å². The summed E-state index contributed by atoms with van der Waals surface area (Å²) in [6.07, 6.45) is 2.12. The third kappa shape index (κ3) is 2.21. The van der Waals surface area contributed by atoms with Crippen LogP contribution >= 0.6 is 23.2 Å². The lowest BCUT2D eigenvalue weighted by Crippen LogP contribution is -1.99. The quantitative estimate of drug-likeness (QED) is 0.693. The smallest absolute Gasteiger partial charge is 0.172 e. The maximum Gasteiger partial charge on any atom is 0.172 e. The van der Waals surface area contributed by atoms with Crippen LogP contribution in [0.1, 0.15) is 10.5 Å². The molecular formula is C13H7Cl2N3O2. The SMILES string of the molecule is O=Cc1nnn(-c2cc(Cl)cc(Cl)c2)c1-c1ccco1. The minimum Gasteiger partial charge on any atom is -0.463 e. The van der Waals surface area contributed by atoms with Crippen LogP contribution in [0.15, 0.2) is 41.0 Å². The standard InChI is InChI=1S/C13H7Cl2N3O2/c14-8-4-9(15)6-10(5-8)18-13(11(7-19)16-17-18)12-2-1-3-20-12/h1-7H. The number of carbonyl (C=O) groups excluding carboxylic acids is 1. The van der Waals surface area contributed by atoms with E-state index in [-0.39, 0.29) is 5.69 Å². The first-order chi connectivity index (χ1) is 9.69. The molecular weight excluding hydrogens is 301 g/mol. The van der Waals surface area contributed by atoms with Crippen LogP contribution in [0.5, 0.6) is 0 Å². The van der Waals surface area contributed by atoms with E-state index in [1.165, 1.54) is 10.9 Å². The van der Waals surface area contributed by atoms with Gasteiger partial charge in [-0.15, -0.1) is 5.10 Å². The number of carbonyl (C=O) groups is 1. The number of benzene rings is 1. The number of halogens is 2. The summed E-state index contributed by atoms with van der Waals surface area (Å²) < 4.78 is 6.78. The Labute approximate surface area is 123 Å². The van der Waals surface area contributed by atoms with Crippen molar-refractivity contribution in [3.05, 3.63) is 52.3 Å². The fourth-order valence-electron chi connectivity index (χ4n) is 1.86. The van der Waals surface area contributed by atoms with E-state index in [0.717, 1.165) is 0 Å². The highest BCUT2D eigenvalue weighted by Crippen LogP contribution is 2.27. The average Bonchev–Trinajstić information content (AvgIpc) is 3.06. The van der Waals surface area contributed by atoms with Crippen molar-refractivity contribution >= 4 is 29.5 Å². The molecule has 0 radical (unpaired) electrons. The molecule has 0 spiro atoms. The minimum absolute atomic E-state index is 0.177. The van der Waals surface area contributed by atoms with Gasteiger partial charge in [-0.2, -0.15) is 0 Å². The fraction of sp³-hybridized carbons (Fsp3) is 0. The third-order valence-electron chi connectivity index (χ3n) is 2.65. The van der Waals surface area contributed by atoms with Crippen molar-refractivity contribution in [2.75, 3.05) is 0 Å². The molecule has 0 amide bonds. The van der Waals surface area contributed by atoms with Crippen LogP contribution in [0.4, 0.5) is 0 Å². The van der Waals surface area contributed by atoms with E-state index < -0.39 is 0 Å². The number of hydrogen-bond acceptors (Lipinski definition) is 4. The zero-order valence-corrected chi connectivity index (χ0v) is 11.5. The molecule has 20 heavy (non-hydrogen) atoms. The minimum atomic E-state index is 0.177. The van der Waals surface area contributed by atoms with Crippen molar-refractivity contribution in [3.63, 3.8) is 0 Å². The molecule has 7 heteroatoms. The summed E-state index contributed by atoms with van der Waals surface area (Å²) in [4.78, 5) is 11.1. The van der Waals surface area contributed by atoms with Crippen molar-refractivity contribution in [2.45, 2.75) is 0 Å². The Kier molecular flexibility index (Phi) is 3.30. The first kappa shape index (κ1) is 12.9. The van der Waals surface area contributed by atoms with Gasteiger partial charge in [-0.25, -0.2) is 4.68 Å². The van der Waals surface area contributed by atoms with Crippen molar-refractivity contribution < 1.29 is 9.21 Å². The summed E-state index contributed by atoms with van der Waals surface area (Å²) in [6.45, 7) is 0. The molecule has 0 aliphatic carbocycles. The Morgan fingerprint density at radius 3 is 2.55 bits per heavy atom. The number of furan rings is 1. The number of hydrogen-bond donors (Lipinski definition) is 0. The summed E-state index contributed by atoms with van der Waals surface area (Å²) >= 11 is 12.0. The number of rotatable bonds is 3. The zero-order valence-electron chi connectivity index (χ0n) is 9.96. The molecule has 0 aliphatic heterocycles. The molecule has 0 unspecified atom stereocenters. The molecule has 0 saturated carbocycles. The zero-order chi connectivity index (χ0) is 14.1. The highest BCUT2D eigenvalue weighted by Gasteiger charge is 2.18. The van der Waals surface area contributed by atoms with Crippen LogP contribution < -0.4 is 0 Å². The second-order valence-corrected chi connectivity index (χ2v) is 4.83. The average molecular weight is 308 g/mol. The van der Waals surface area contributed by atoms with Crippen LogP contribution in [0.25, 0.3) is 17.1 Å². The molecule has 0 atom stereocenters. The maximum atomic E-state index is 11.1. The van der Waals surface area contributed by atoms with Crippen LogP contribution in [0.2, 0.25) is 10.0 Å². The lowest BCUT2D eigenvalue weighted by atomic mass is 10.2. The van der Waals surface area contributed by atoms with Gasteiger partial charge < -0.3 is 4.42 Å². The Morgan fingerprint density at radius 2 is 1.95 bits per heavy atom. The summed E-state index contributed by atoms with van der Waals surface area (Å²) in [6, 6.07) is 8.38. The van der Waals surface area contributed by atoms with Gasteiger partial charge in [0.25, 0.3) is 0 Å². The first-order valence-electron chi connectivity index (χ1n) is 5.60. The largest absolute Gasteiger partial charge is 0.463 e. The van der Waals surface area contributed by atoms with Gasteiger partial charge in [0, 0.05) is 10.0 Å². The van der Waals surface area contributed by atoms with Crippen molar-refractivity contribution in [2.24, 2.45) is 0 Å². The highest BCUT2D eigenvalue weighted by molar-refractivity contribution is 6.34. The van der Waals surface area contributed by atoms with Crippen molar-refractivity contribution in [3.8, 4) is 17.1 Å². The molecule has 2 heterocycles. The first-order valence-corrected chi connectivity index (χ1v) is 6.36. The Balaban J connectivity index is 2.24. The number of aldehydes is 1. The second kappa shape index (κ2) is 5.11. The van der Waals surface area contributed by atoms with E-state index in [1.807, 2.05) is 0 Å². The van der Waals surface area contributed by atoms with Gasteiger partial charge in [0.1, 0.15) is 5.69 Å². The lowest BCUT2D eigenvalue weighted by molar-refractivity contribution is 0.111. The maximum absolute atomic E-state index is 11.1. The van der Waals surface area contributed by atoms with Crippen LogP contribution in [-0.2, 0) is 0 Å². The van der Waals surface area contributed by atoms with Crippen LogP contribution in [-0.4, -0.2) is 21.3 Å². The molecule has 100 valence electrons. The van der Waals surface area contributed by atoms with E-state index in [1.54, 1.807) is 30.3 Å². The predicted molar refractivity (Wildman–Crippen MR) is 74.5 cm³/mol.